The molecule has 2 rings (SSSR count). The quantitative estimate of drug-likeness (QED) is 0.797. The van der Waals surface area contributed by atoms with Gasteiger partial charge in [-0.25, -0.2) is 0 Å². The van der Waals surface area contributed by atoms with Crippen LogP contribution in [0.25, 0.3) is 0 Å². The molecule has 20 heavy (non-hydrogen) atoms. The first-order valence-corrected chi connectivity index (χ1v) is 8.11. The van der Waals surface area contributed by atoms with Gasteiger partial charge in [0.2, 0.25) is 0 Å². The van der Waals surface area contributed by atoms with E-state index < -0.39 is 5.76 Å². The van der Waals surface area contributed by atoms with Crippen LogP contribution in [0.1, 0.15) is 31.3 Å². The van der Waals surface area contributed by atoms with Gasteiger partial charge in [-0.15, -0.1) is 0 Å². The van der Waals surface area contributed by atoms with Crippen LogP contribution in [0.5, 0.6) is 0 Å². The Morgan fingerprint density at radius 3 is 2.70 bits per heavy atom. The number of hydrogen-bond donors (Lipinski definition) is 1. The van der Waals surface area contributed by atoms with Gasteiger partial charge in [-0.2, -0.15) is 8.78 Å². The number of furan rings is 1. The van der Waals surface area contributed by atoms with Crippen molar-refractivity contribution in [3.8, 4) is 0 Å². The molecule has 0 amide bonds. The Morgan fingerprint density at radius 2 is 2.00 bits per heavy atom. The van der Waals surface area contributed by atoms with E-state index in [1.165, 1.54) is 25.9 Å². The van der Waals surface area contributed by atoms with Crippen molar-refractivity contribution in [2.24, 2.45) is 0 Å². The maximum Gasteiger partial charge on any atom is 0.284 e. The van der Waals surface area contributed by atoms with Crippen LogP contribution in [0.4, 0.5) is 8.78 Å². The van der Waals surface area contributed by atoms with Crippen LogP contribution in [0.15, 0.2) is 16.5 Å². The van der Waals surface area contributed by atoms with Crippen LogP contribution in [-0.4, -0.2) is 36.3 Å². The molecule has 1 N–H and O–H groups in total. The van der Waals surface area contributed by atoms with Crippen molar-refractivity contribution in [3.05, 3.63) is 23.7 Å². The molecule has 0 bridgehead atoms. The summed E-state index contributed by atoms with van der Waals surface area (Å²) in [7, 11) is 0. The van der Waals surface area contributed by atoms with Crippen LogP contribution in [0.2, 0.25) is 0 Å². The Morgan fingerprint density at radius 1 is 1.30 bits per heavy atom. The van der Waals surface area contributed by atoms with Crippen molar-refractivity contribution in [1.82, 2.24) is 10.2 Å². The summed E-state index contributed by atoms with van der Waals surface area (Å²) in [5.74, 6) is -0.703. The summed E-state index contributed by atoms with van der Waals surface area (Å²) in [5.41, 5.74) is 0. The topological polar surface area (TPSA) is 28.4 Å². The number of likely N-dealkylation sites (tertiary alicyclic amines) is 1. The monoisotopic (exact) mass is 304 g/mol. The highest BCUT2D eigenvalue weighted by Gasteiger charge is 2.14. The summed E-state index contributed by atoms with van der Waals surface area (Å²) in [6.45, 7) is 6.25. The highest BCUT2D eigenvalue weighted by molar-refractivity contribution is 7.98. The summed E-state index contributed by atoms with van der Waals surface area (Å²) in [4.78, 5) is 2.46. The summed E-state index contributed by atoms with van der Waals surface area (Å²) >= 11 is 0.589. The molecule has 0 saturated carbocycles. The first kappa shape index (κ1) is 15.8. The van der Waals surface area contributed by atoms with Gasteiger partial charge in [-0.3, -0.25) is 0 Å². The molecule has 2 heterocycles. The third-order valence-corrected chi connectivity index (χ3v) is 4.13. The Bertz CT molecular complexity index is 394. The summed E-state index contributed by atoms with van der Waals surface area (Å²) < 4.78 is 29.7. The number of hydrogen-bond acceptors (Lipinski definition) is 4. The molecule has 0 aromatic carbocycles. The van der Waals surface area contributed by atoms with Crippen LogP contribution < -0.4 is 5.32 Å². The van der Waals surface area contributed by atoms with Crippen molar-refractivity contribution in [1.29, 1.82) is 0 Å². The average Bonchev–Trinajstić information content (AvgIpc) is 3.05. The second-order valence-electron chi connectivity index (χ2n) is 5.23. The third-order valence-electron chi connectivity index (χ3n) is 3.42. The molecule has 0 aliphatic carbocycles. The molecule has 114 valence electrons. The second kappa shape index (κ2) is 8.00. The van der Waals surface area contributed by atoms with E-state index in [0.717, 1.165) is 12.3 Å². The highest BCUT2D eigenvalue weighted by atomic mass is 32.2. The molecule has 1 aromatic heterocycles. The van der Waals surface area contributed by atoms with E-state index in [9.17, 15) is 8.78 Å². The molecule has 1 saturated heterocycles. The van der Waals surface area contributed by atoms with Crippen LogP contribution in [0.3, 0.4) is 0 Å². The van der Waals surface area contributed by atoms with Gasteiger partial charge in [-0.05, 0) is 45.0 Å². The standard InChI is InChI=1S/C14H22F2N2OS/c1-11(9-18-6-2-3-7-18)17-8-12-4-5-13(19-12)10-20-14(15)16/h4-5,11,14,17H,2-3,6-10H2,1H3. The van der Waals surface area contributed by atoms with Gasteiger partial charge in [-0.1, -0.05) is 11.8 Å². The first-order chi connectivity index (χ1) is 9.63. The molecule has 1 unspecified atom stereocenters. The molecule has 3 nitrogen and oxygen atoms in total. The van der Waals surface area contributed by atoms with Crippen molar-refractivity contribution >= 4 is 11.8 Å². The lowest BCUT2D eigenvalue weighted by atomic mass is 10.3. The number of thioether (sulfide) groups is 1. The number of halogens is 2. The molecule has 1 fully saturated rings. The van der Waals surface area contributed by atoms with Gasteiger partial charge in [0.1, 0.15) is 11.5 Å². The lowest BCUT2D eigenvalue weighted by Gasteiger charge is -2.20. The Labute approximate surface area is 123 Å². The fourth-order valence-corrected chi connectivity index (χ4v) is 2.88. The molecule has 1 aliphatic rings. The molecule has 1 aliphatic heterocycles. The first-order valence-electron chi connectivity index (χ1n) is 7.06. The lowest BCUT2D eigenvalue weighted by molar-refractivity contribution is 0.251. The Hall–Kier alpha value is -0.590. The minimum Gasteiger partial charge on any atom is -0.464 e. The molecular formula is C14H22F2N2OS. The number of nitrogens with one attached hydrogen (secondary N) is 1. The number of rotatable bonds is 8. The highest BCUT2D eigenvalue weighted by Crippen LogP contribution is 2.21. The molecule has 1 aromatic rings. The van der Waals surface area contributed by atoms with E-state index in [1.807, 2.05) is 6.07 Å². The molecule has 6 heteroatoms. The number of alkyl halides is 2. The fourth-order valence-electron chi connectivity index (χ4n) is 2.43. The van der Waals surface area contributed by atoms with Crippen molar-refractivity contribution in [2.45, 2.75) is 43.9 Å². The normalized spacial score (nSPS) is 18.0. The molecule has 0 radical (unpaired) electrons. The third kappa shape index (κ3) is 5.42. The largest absolute Gasteiger partial charge is 0.464 e. The van der Waals surface area contributed by atoms with E-state index in [4.69, 9.17) is 4.42 Å². The minimum absolute atomic E-state index is 0.223. The maximum absolute atomic E-state index is 12.1. The maximum atomic E-state index is 12.1. The predicted molar refractivity (Wildman–Crippen MR) is 78.0 cm³/mol. The predicted octanol–water partition coefficient (Wildman–Crippen LogP) is 3.31. The minimum atomic E-state index is -2.35. The van der Waals surface area contributed by atoms with E-state index in [1.54, 1.807) is 6.07 Å². The zero-order valence-electron chi connectivity index (χ0n) is 11.8. The smallest absolute Gasteiger partial charge is 0.284 e. The Balaban J connectivity index is 1.67. The molecule has 0 spiro atoms. The summed E-state index contributed by atoms with van der Waals surface area (Å²) in [6, 6.07) is 4.03. The lowest BCUT2D eigenvalue weighted by Crippen LogP contribution is -2.37. The fraction of sp³-hybridized carbons (Fsp3) is 0.714. The summed E-state index contributed by atoms with van der Waals surface area (Å²) in [5, 5.41) is 3.41. The van der Waals surface area contributed by atoms with Gasteiger partial charge >= 0.3 is 0 Å². The van der Waals surface area contributed by atoms with E-state index >= 15 is 0 Å². The zero-order chi connectivity index (χ0) is 14.4. The zero-order valence-corrected chi connectivity index (χ0v) is 12.6. The number of nitrogens with zero attached hydrogens (tertiary/aromatic N) is 1. The summed E-state index contributed by atoms with van der Waals surface area (Å²) in [6.07, 6.45) is 2.60. The average molecular weight is 304 g/mol. The van der Waals surface area contributed by atoms with E-state index in [-0.39, 0.29) is 5.75 Å². The SMILES string of the molecule is CC(CN1CCCC1)NCc1ccc(CSC(F)F)o1. The van der Waals surface area contributed by atoms with Gasteiger partial charge in [0.25, 0.3) is 5.76 Å². The van der Waals surface area contributed by atoms with Crippen molar-refractivity contribution < 1.29 is 13.2 Å². The molecular weight excluding hydrogens is 282 g/mol. The van der Waals surface area contributed by atoms with Crippen LogP contribution in [0, 0.1) is 0 Å². The Kier molecular flexibility index (Phi) is 6.32. The van der Waals surface area contributed by atoms with Gasteiger partial charge in [0.05, 0.1) is 12.3 Å². The van der Waals surface area contributed by atoms with Crippen molar-refractivity contribution in [2.75, 3.05) is 19.6 Å². The molecule has 1 atom stereocenters. The van der Waals surface area contributed by atoms with Gasteiger partial charge in [0, 0.05) is 12.6 Å². The van der Waals surface area contributed by atoms with E-state index in [2.05, 4.69) is 17.1 Å². The van der Waals surface area contributed by atoms with Gasteiger partial charge < -0.3 is 14.6 Å². The second-order valence-corrected chi connectivity index (χ2v) is 6.21. The van der Waals surface area contributed by atoms with Crippen LogP contribution >= 0.6 is 11.8 Å². The van der Waals surface area contributed by atoms with E-state index in [0.29, 0.717) is 30.1 Å². The van der Waals surface area contributed by atoms with Crippen LogP contribution in [-0.2, 0) is 12.3 Å². The van der Waals surface area contributed by atoms with Gasteiger partial charge in [0.15, 0.2) is 0 Å². The van der Waals surface area contributed by atoms with Crippen molar-refractivity contribution in [3.63, 3.8) is 0 Å².